The first-order valence-electron chi connectivity index (χ1n) is 7.55. The highest BCUT2D eigenvalue weighted by molar-refractivity contribution is 7.99. The van der Waals surface area contributed by atoms with E-state index < -0.39 is 0 Å². The van der Waals surface area contributed by atoms with Gasteiger partial charge in [-0.05, 0) is 58.1 Å². The number of nitriles is 1. The Labute approximate surface area is 121 Å². The molecule has 1 aliphatic carbocycles. The first kappa shape index (κ1) is 15.2. The Hall–Kier alpha value is -0.240. The highest BCUT2D eigenvalue weighted by Gasteiger charge is 2.32. The van der Waals surface area contributed by atoms with E-state index >= 15 is 0 Å². The summed E-state index contributed by atoms with van der Waals surface area (Å²) in [5.41, 5.74) is -0.310. The van der Waals surface area contributed by atoms with E-state index in [1.807, 2.05) is 18.7 Å². The summed E-state index contributed by atoms with van der Waals surface area (Å²) in [5, 5.41) is 13.4. The largest absolute Gasteiger partial charge is 0.377 e. The van der Waals surface area contributed by atoms with Gasteiger partial charge in [0.25, 0.3) is 0 Å². The fraction of sp³-hybridized carbons (Fsp3) is 0.933. The van der Waals surface area contributed by atoms with Crippen molar-refractivity contribution < 1.29 is 4.74 Å². The van der Waals surface area contributed by atoms with E-state index in [4.69, 9.17) is 4.74 Å². The topological polar surface area (TPSA) is 45.0 Å². The normalized spacial score (nSPS) is 29.9. The summed E-state index contributed by atoms with van der Waals surface area (Å²) >= 11 is 2.05. The molecule has 3 atom stereocenters. The van der Waals surface area contributed by atoms with E-state index in [2.05, 4.69) is 18.3 Å². The lowest BCUT2D eigenvalue weighted by atomic mass is 9.96. The summed E-state index contributed by atoms with van der Waals surface area (Å²) in [5.74, 6) is 1.20. The molecule has 1 aliphatic heterocycles. The van der Waals surface area contributed by atoms with Crippen LogP contribution in [0, 0.1) is 11.3 Å². The molecule has 4 heteroatoms. The number of hydrogen-bond donors (Lipinski definition) is 1. The number of ether oxygens (including phenoxy) is 1. The number of thioether (sulfide) groups is 1. The maximum absolute atomic E-state index is 9.29. The fourth-order valence-corrected chi connectivity index (χ4v) is 3.87. The van der Waals surface area contributed by atoms with Crippen LogP contribution in [0.3, 0.4) is 0 Å². The molecule has 0 aromatic carbocycles. The Bertz CT molecular complexity index is 327. The van der Waals surface area contributed by atoms with E-state index in [1.54, 1.807) is 0 Å². The van der Waals surface area contributed by atoms with Gasteiger partial charge in [-0.15, -0.1) is 0 Å². The van der Waals surface area contributed by atoms with Crippen LogP contribution < -0.4 is 5.32 Å². The van der Waals surface area contributed by atoms with Crippen LogP contribution >= 0.6 is 11.8 Å². The van der Waals surface area contributed by atoms with Gasteiger partial charge < -0.3 is 4.74 Å². The van der Waals surface area contributed by atoms with Crippen LogP contribution in [-0.4, -0.2) is 35.3 Å². The Kier molecular flexibility index (Phi) is 5.56. The Morgan fingerprint density at radius 1 is 1.37 bits per heavy atom. The van der Waals surface area contributed by atoms with Crippen LogP contribution in [0.1, 0.15) is 52.4 Å². The van der Waals surface area contributed by atoms with Gasteiger partial charge in [-0.25, -0.2) is 0 Å². The lowest BCUT2D eigenvalue weighted by molar-refractivity contribution is 0.127. The highest BCUT2D eigenvalue weighted by atomic mass is 32.2. The third-order valence-electron chi connectivity index (χ3n) is 4.06. The average molecular weight is 282 g/mol. The van der Waals surface area contributed by atoms with Crippen molar-refractivity contribution in [2.45, 2.75) is 75.3 Å². The summed E-state index contributed by atoms with van der Waals surface area (Å²) in [6, 6.07) is 3.06. The van der Waals surface area contributed by atoms with Gasteiger partial charge in [0, 0.05) is 17.9 Å². The van der Waals surface area contributed by atoms with Crippen LogP contribution in [0.15, 0.2) is 0 Å². The Morgan fingerprint density at radius 3 is 2.74 bits per heavy atom. The van der Waals surface area contributed by atoms with Crippen molar-refractivity contribution in [2.75, 3.05) is 12.4 Å². The molecule has 1 saturated heterocycles. The third-order valence-corrected chi connectivity index (χ3v) is 5.63. The van der Waals surface area contributed by atoms with Crippen molar-refractivity contribution in [1.29, 1.82) is 5.26 Å². The van der Waals surface area contributed by atoms with Crippen LogP contribution in [-0.2, 0) is 4.74 Å². The zero-order valence-electron chi connectivity index (χ0n) is 12.2. The fourth-order valence-electron chi connectivity index (χ4n) is 2.58. The molecule has 0 radical (unpaired) electrons. The zero-order chi connectivity index (χ0) is 13.7. The first-order chi connectivity index (χ1) is 9.13. The predicted octanol–water partition coefficient (Wildman–Crippen LogP) is 3.10. The minimum Gasteiger partial charge on any atom is -0.377 e. The lowest BCUT2D eigenvalue weighted by Crippen LogP contribution is -2.42. The monoisotopic (exact) mass is 282 g/mol. The Balaban J connectivity index is 1.56. The van der Waals surface area contributed by atoms with Crippen LogP contribution in [0.2, 0.25) is 0 Å². The molecule has 1 saturated carbocycles. The van der Waals surface area contributed by atoms with Crippen molar-refractivity contribution in [3.8, 4) is 6.07 Å². The van der Waals surface area contributed by atoms with Crippen molar-refractivity contribution in [2.24, 2.45) is 0 Å². The van der Waals surface area contributed by atoms with Gasteiger partial charge in [-0.3, -0.25) is 5.32 Å². The molecule has 2 fully saturated rings. The van der Waals surface area contributed by atoms with Crippen LogP contribution in [0.25, 0.3) is 0 Å². The molecule has 1 N–H and O–H groups in total. The van der Waals surface area contributed by atoms with E-state index in [0.29, 0.717) is 17.4 Å². The van der Waals surface area contributed by atoms with Gasteiger partial charge in [0.15, 0.2) is 0 Å². The minimum absolute atomic E-state index is 0.310. The first-order valence-corrected chi connectivity index (χ1v) is 8.60. The van der Waals surface area contributed by atoms with Crippen LogP contribution in [0.4, 0.5) is 0 Å². The quantitative estimate of drug-likeness (QED) is 0.695. The van der Waals surface area contributed by atoms with Gasteiger partial charge in [-0.1, -0.05) is 0 Å². The predicted molar refractivity (Wildman–Crippen MR) is 80.3 cm³/mol. The third kappa shape index (κ3) is 4.98. The van der Waals surface area contributed by atoms with E-state index in [1.165, 1.54) is 31.4 Å². The molecule has 3 nitrogen and oxygen atoms in total. The van der Waals surface area contributed by atoms with Gasteiger partial charge in [0.2, 0.25) is 0 Å². The number of nitrogens with one attached hydrogen (secondary N) is 1. The second-order valence-corrected chi connectivity index (χ2v) is 7.44. The van der Waals surface area contributed by atoms with Crippen molar-refractivity contribution in [3.63, 3.8) is 0 Å². The van der Waals surface area contributed by atoms with Crippen LogP contribution in [0.5, 0.6) is 0 Å². The van der Waals surface area contributed by atoms with Gasteiger partial charge >= 0.3 is 0 Å². The maximum atomic E-state index is 9.29. The molecule has 0 aromatic rings. The summed E-state index contributed by atoms with van der Waals surface area (Å²) in [7, 11) is 0. The molecule has 2 aliphatic rings. The smallest absolute Gasteiger partial charge is 0.104 e. The van der Waals surface area contributed by atoms with Crippen molar-refractivity contribution in [3.05, 3.63) is 0 Å². The summed E-state index contributed by atoms with van der Waals surface area (Å²) in [6.45, 7) is 5.15. The number of unbranched alkanes of at least 4 members (excludes halogenated alkanes) is 1. The standard InChI is InChI=1S/C15H26N2OS/c1-12-14(7-9-18-12)19-10-4-3-8-15(2,11-16)17-13-5-6-13/h12-14,17H,3-10H2,1-2H3. The molecule has 0 amide bonds. The molecular formula is C15H26N2OS. The molecule has 19 heavy (non-hydrogen) atoms. The minimum atomic E-state index is -0.310. The maximum Gasteiger partial charge on any atom is 0.104 e. The molecule has 0 spiro atoms. The average Bonchev–Trinajstić information content (AvgIpc) is 3.11. The van der Waals surface area contributed by atoms with E-state index in [0.717, 1.165) is 19.4 Å². The summed E-state index contributed by atoms with van der Waals surface area (Å²) < 4.78 is 5.57. The van der Waals surface area contributed by atoms with Gasteiger partial charge in [0.05, 0.1) is 12.2 Å². The molecule has 1 heterocycles. The second kappa shape index (κ2) is 6.97. The summed E-state index contributed by atoms with van der Waals surface area (Å²) in [6.07, 6.45) is 7.42. The molecule has 3 unspecified atom stereocenters. The second-order valence-electron chi connectivity index (χ2n) is 6.09. The van der Waals surface area contributed by atoms with Gasteiger partial charge in [0.1, 0.15) is 5.54 Å². The van der Waals surface area contributed by atoms with E-state index in [-0.39, 0.29) is 5.54 Å². The lowest BCUT2D eigenvalue weighted by Gasteiger charge is -2.23. The SMILES string of the molecule is CC1OCCC1SCCCCC(C)(C#N)NC1CC1. The molecule has 0 bridgehead atoms. The molecule has 108 valence electrons. The van der Waals surface area contributed by atoms with Gasteiger partial charge in [-0.2, -0.15) is 17.0 Å². The number of hydrogen-bond acceptors (Lipinski definition) is 4. The summed E-state index contributed by atoms with van der Waals surface area (Å²) in [4.78, 5) is 0. The molecular weight excluding hydrogens is 256 g/mol. The van der Waals surface area contributed by atoms with Crippen molar-refractivity contribution >= 4 is 11.8 Å². The molecule has 2 rings (SSSR count). The Morgan fingerprint density at radius 2 is 2.16 bits per heavy atom. The highest BCUT2D eigenvalue weighted by Crippen LogP contribution is 2.28. The van der Waals surface area contributed by atoms with Crippen molar-refractivity contribution in [1.82, 2.24) is 5.32 Å². The number of nitrogens with zero attached hydrogens (tertiary/aromatic N) is 1. The number of rotatable bonds is 8. The molecule has 0 aromatic heterocycles. The van der Waals surface area contributed by atoms with E-state index in [9.17, 15) is 5.26 Å². The zero-order valence-corrected chi connectivity index (χ0v) is 13.0.